The van der Waals surface area contributed by atoms with E-state index in [9.17, 15) is 9.90 Å². The van der Waals surface area contributed by atoms with Gasteiger partial charge in [-0.3, -0.25) is 4.79 Å². The van der Waals surface area contributed by atoms with E-state index in [1.807, 2.05) is 12.1 Å². The van der Waals surface area contributed by atoms with Gasteiger partial charge in [0.15, 0.2) is 17.1 Å². The molecule has 1 amide bonds. The van der Waals surface area contributed by atoms with E-state index < -0.39 is 5.60 Å². The molecule has 1 aliphatic rings. The lowest BCUT2D eigenvalue weighted by Gasteiger charge is -2.22. The predicted octanol–water partition coefficient (Wildman–Crippen LogP) is 2.33. The minimum Gasteiger partial charge on any atom is -0.493 e. The summed E-state index contributed by atoms with van der Waals surface area (Å²) in [6.45, 7) is 1.98. The number of methoxy groups -OCH3 is 1. The molecular formula is C16H19NO4. The van der Waals surface area contributed by atoms with E-state index in [4.69, 9.17) is 9.15 Å². The molecule has 5 heteroatoms. The fourth-order valence-electron chi connectivity index (χ4n) is 2.50. The smallest absolute Gasteiger partial charge is 0.287 e. The highest BCUT2D eigenvalue weighted by atomic mass is 16.5. The molecule has 0 bridgehead atoms. The maximum absolute atomic E-state index is 12.1. The van der Waals surface area contributed by atoms with E-state index >= 15 is 0 Å². The summed E-state index contributed by atoms with van der Waals surface area (Å²) in [4.78, 5) is 12.1. The lowest BCUT2D eigenvalue weighted by molar-refractivity contribution is 0.0350. The lowest BCUT2D eigenvalue weighted by atomic mass is 10.0. The van der Waals surface area contributed by atoms with Crippen molar-refractivity contribution in [2.75, 3.05) is 13.7 Å². The first-order valence-corrected chi connectivity index (χ1v) is 7.08. The number of carbonyl (C=O) groups excluding carboxylic acids is 1. The maximum atomic E-state index is 12.1. The highest BCUT2D eigenvalue weighted by molar-refractivity contribution is 5.97. The number of rotatable bonds is 5. The molecular weight excluding hydrogens is 270 g/mol. The SMILES string of the molecule is COc1cccc2cc(C(=O)NC[C@](C)(O)C3CC3)oc12. The van der Waals surface area contributed by atoms with E-state index in [-0.39, 0.29) is 24.1 Å². The average molecular weight is 289 g/mol. The molecule has 2 aromatic rings. The number of carbonyl (C=O) groups is 1. The molecule has 1 fully saturated rings. The van der Waals surface area contributed by atoms with Crippen molar-refractivity contribution in [3.63, 3.8) is 0 Å². The molecule has 0 aliphatic heterocycles. The zero-order valence-electron chi connectivity index (χ0n) is 12.2. The molecule has 1 atom stereocenters. The van der Waals surface area contributed by atoms with Crippen molar-refractivity contribution in [2.24, 2.45) is 5.92 Å². The van der Waals surface area contributed by atoms with Gasteiger partial charge in [-0.15, -0.1) is 0 Å². The summed E-state index contributed by atoms with van der Waals surface area (Å²) in [5, 5.41) is 13.8. The number of ether oxygens (including phenoxy) is 1. The molecule has 1 aromatic carbocycles. The number of fused-ring (bicyclic) bond motifs is 1. The third-order valence-corrected chi connectivity index (χ3v) is 4.02. The molecule has 5 nitrogen and oxygen atoms in total. The molecule has 21 heavy (non-hydrogen) atoms. The molecule has 0 saturated heterocycles. The van der Waals surface area contributed by atoms with Crippen molar-refractivity contribution in [3.8, 4) is 5.75 Å². The fraction of sp³-hybridized carbons (Fsp3) is 0.438. The minimum absolute atomic E-state index is 0.223. The number of aliphatic hydroxyl groups is 1. The van der Waals surface area contributed by atoms with Crippen LogP contribution in [0.15, 0.2) is 28.7 Å². The van der Waals surface area contributed by atoms with Gasteiger partial charge in [0.2, 0.25) is 0 Å². The van der Waals surface area contributed by atoms with Crippen molar-refractivity contribution < 1.29 is 19.1 Å². The third-order valence-electron chi connectivity index (χ3n) is 4.02. The second-order valence-corrected chi connectivity index (χ2v) is 5.80. The number of para-hydroxylation sites is 1. The van der Waals surface area contributed by atoms with Crippen LogP contribution in [0.3, 0.4) is 0 Å². The van der Waals surface area contributed by atoms with Crippen molar-refractivity contribution in [1.29, 1.82) is 0 Å². The van der Waals surface area contributed by atoms with Crippen LogP contribution in [-0.4, -0.2) is 30.3 Å². The average Bonchev–Trinajstić information content (AvgIpc) is 3.24. The van der Waals surface area contributed by atoms with Gasteiger partial charge in [0, 0.05) is 11.9 Å². The summed E-state index contributed by atoms with van der Waals surface area (Å²) in [5.74, 6) is 0.778. The quantitative estimate of drug-likeness (QED) is 0.886. The molecule has 0 unspecified atom stereocenters. The molecule has 1 aliphatic carbocycles. The standard InChI is InChI=1S/C16H19NO4/c1-16(19,11-6-7-11)9-17-15(18)13-8-10-4-3-5-12(20-2)14(10)21-13/h3-5,8,11,19H,6-7,9H2,1-2H3,(H,17,18)/t16-/m0/s1. The van der Waals surface area contributed by atoms with E-state index in [1.54, 1.807) is 26.2 Å². The van der Waals surface area contributed by atoms with Crippen LogP contribution in [0.2, 0.25) is 0 Å². The van der Waals surface area contributed by atoms with Gasteiger partial charge in [-0.25, -0.2) is 0 Å². The van der Waals surface area contributed by atoms with Crippen molar-refractivity contribution >= 4 is 16.9 Å². The second kappa shape index (κ2) is 5.07. The summed E-state index contributed by atoms with van der Waals surface area (Å²) in [5.41, 5.74) is -0.293. The molecule has 0 spiro atoms. The number of furan rings is 1. The van der Waals surface area contributed by atoms with Crippen molar-refractivity contribution in [1.82, 2.24) is 5.32 Å². The van der Waals surface area contributed by atoms with Crippen LogP contribution in [0, 0.1) is 5.92 Å². The Bertz CT molecular complexity index is 670. The van der Waals surface area contributed by atoms with Gasteiger partial charge in [-0.05, 0) is 37.8 Å². The monoisotopic (exact) mass is 289 g/mol. The highest BCUT2D eigenvalue weighted by Crippen LogP contribution is 2.39. The molecule has 3 rings (SSSR count). The Hall–Kier alpha value is -2.01. The van der Waals surface area contributed by atoms with Crippen LogP contribution in [0.5, 0.6) is 5.75 Å². The Morgan fingerprint density at radius 2 is 2.29 bits per heavy atom. The summed E-state index contributed by atoms with van der Waals surface area (Å²) in [6.07, 6.45) is 2.04. The molecule has 1 aromatic heterocycles. The van der Waals surface area contributed by atoms with Gasteiger partial charge >= 0.3 is 0 Å². The summed E-state index contributed by atoms with van der Waals surface area (Å²) in [7, 11) is 1.56. The van der Waals surface area contributed by atoms with Crippen LogP contribution in [-0.2, 0) is 0 Å². The summed E-state index contributed by atoms with van der Waals surface area (Å²) in [6, 6.07) is 7.17. The zero-order chi connectivity index (χ0) is 15.0. The molecule has 1 heterocycles. The normalized spacial score (nSPS) is 17.5. The number of amides is 1. The largest absolute Gasteiger partial charge is 0.493 e. The first-order chi connectivity index (χ1) is 10.0. The third kappa shape index (κ3) is 2.74. The van der Waals surface area contributed by atoms with E-state index in [1.165, 1.54) is 0 Å². The first-order valence-electron chi connectivity index (χ1n) is 7.08. The van der Waals surface area contributed by atoms with Crippen molar-refractivity contribution in [3.05, 3.63) is 30.0 Å². The maximum Gasteiger partial charge on any atom is 0.287 e. The van der Waals surface area contributed by atoms with Crippen molar-refractivity contribution in [2.45, 2.75) is 25.4 Å². The second-order valence-electron chi connectivity index (χ2n) is 5.80. The van der Waals surface area contributed by atoms with Gasteiger partial charge in [0.25, 0.3) is 5.91 Å². The van der Waals surface area contributed by atoms with E-state index in [0.717, 1.165) is 18.2 Å². The van der Waals surface area contributed by atoms with Gasteiger partial charge in [-0.2, -0.15) is 0 Å². The van der Waals surface area contributed by atoms with Crippen LogP contribution >= 0.6 is 0 Å². The van der Waals surface area contributed by atoms with E-state index in [0.29, 0.717) is 11.3 Å². The lowest BCUT2D eigenvalue weighted by Crippen LogP contribution is -2.42. The van der Waals surface area contributed by atoms with Crippen LogP contribution in [0.4, 0.5) is 0 Å². The molecule has 1 saturated carbocycles. The van der Waals surface area contributed by atoms with Gasteiger partial charge < -0.3 is 19.6 Å². The Morgan fingerprint density at radius 1 is 1.52 bits per heavy atom. The number of nitrogens with one attached hydrogen (secondary N) is 1. The number of hydrogen-bond donors (Lipinski definition) is 2. The van der Waals surface area contributed by atoms with Gasteiger partial charge in [0.05, 0.1) is 12.7 Å². The van der Waals surface area contributed by atoms with Crippen LogP contribution in [0.1, 0.15) is 30.3 Å². The highest BCUT2D eigenvalue weighted by Gasteiger charge is 2.40. The molecule has 112 valence electrons. The summed E-state index contributed by atoms with van der Waals surface area (Å²) < 4.78 is 10.8. The van der Waals surface area contributed by atoms with E-state index in [2.05, 4.69) is 5.32 Å². The fourth-order valence-corrected chi connectivity index (χ4v) is 2.50. The predicted molar refractivity (Wildman–Crippen MR) is 78.4 cm³/mol. The van der Waals surface area contributed by atoms with Gasteiger partial charge in [-0.1, -0.05) is 12.1 Å². The number of hydrogen-bond acceptors (Lipinski definition) is 4. The number of benzene rings is 1. The van der Waals surface area contributed by atoms with Crippen LogP contribution < -0.4 is 10.1 Å². The minimum atomic E-state index is -0.848. The molecule has 0 radical (unpaired) electrons. The first kappa shape index (κ1) is 13.9. The molecule has 2 N–H and O–H groups in total. The Kier molecular flexibility index (Phi) is 3.37. The van der Waals surface area contributed by atoms with Gasteiger partial charge in [0.1, 0.15) is 0 Å². The Balaban J connectivity index is 1.75. The Morgan fingerprint density at radius 3 is 2.95 bits per heavy atom. The summed E-state index contributed by atoms with van der Waals surface area (Å²) >= 11 is 0. The Labute approximate surface area is 122 Å². The zero-order valence-corrected chi connectivity index (χ0v) is 12.2. The topological polar surface area (TPSA) is 71.7 Å². The van der Waals surface area contributed by atoms with Crippen LogP contribution in [0.25, 0.3) is 11.0 Å².